The average molecular weight is 404 g/mol. The van der Waals surface area contributed by atoms with Gasteiger partial charge in [0.05, 0.1) is 12.7 Å². The summed E-state index contributed by atoms with van der Waals surface area (Å²) in [5.41, 5.74) is 0. The van der Waals surface area contributed by atoms with Gasteiger partial charge in [-0.15, -0.1) is 0 Å². The van der Waals surface area contributed by atoms with E-state index >= 15 is 0 Å². The predicted molar refractivity (Wildman–Crippen MR) is 65.8 cm³/mol. The molecule has 1 rings (SSSR count). The van der Waals surface area contributed by atoms with Gasteiger partial charge in [-0.3, -0.25) is 13.7 Å². The highest BCUT2D eigenvalue weighted by Gasteiger charge is 2.44. The average Bonchev–Trinajstić information content (AvgIpc) is 2.27. The number of rotatable bonds is 7. The molecule has 0 radical (unpaired) electrons. The van der Waals surface area contributed by atoms with Gasteiger partial charge in [-0.1, -0.05) is 0 Å². The van der Waals surface area contributed by atoms with Gasteiger partial charge in [-0.25, -0.2) is 12.5 Å². The van der Waals surface area contributed by atoms with E-state index in [0.717, 1.165) is 0 Å². The number of hydrogen-bond acceptors (Lipinski definition) is 11. The van der Waals surface area contributed by atoms with Crippen molar-refractivity contribution in [2.45, 2.75) is 31.0 Å². The van der Waals surface area contributed by atoms with Crippen LogP contribution in [0.25, 0.3) is 0 Å². The fourth-order valence-corrected chi connectivity index (χ4v) is 3.00. The molecule has 1 heterocycles. The van der Waals surface area contributed by atoms with Crippen molar-refractivity contribution in [3.05, 3.63) is 0 Å². The minimum atomic E-state index is -5.16. The number of ether oxygens (including phenoxy) is 1. The molecule has 0 aromatic carbocycles. The zero-order valence-electron chi connectivity index (χ0n) is 10.8. The van der Waals surface area contributed by atoms with Crippen molar-refractivity contribution in [2.75, 3.05) is 6.61 Å². The molecule has 0 aliphatic carbocycles. The molecule has 0 bridgehead atoms. The summed E-state index contributed by atoms with van der Waals surface area (Å²) in [6, 6.07) is 0. The lowest BCUT2D eigenvalue weighted by Gasteiger charge is -2.36. The van der Waals surface area contributed by atoms with Crippen LogP contribution >= 0.6 is 0 Å². The third kappa shape index (κ3) is 8.26. The van der Waals surface area contributed by atoms with Crippen molar-refractivity contribution < 1.29 is 61.3 Å². The molecule has 1 aliphatic heterocycles. The first kappa shape index (κ1) is 20.6. The van der Waals surface area contributed by atoms with Crippen LogP contribution in [0.4, 0.5) is 0 Å². The van der Waals surface area contributed by atoms with Gasteiger partial charge >= 0.3 is 31.2 Å². The molecule has 0 aromatic rings. The molecular weight excluding hydrogens is 392 g/mol. The first-order chi connectivity index (χ1) is 10.2. The second kappa shape index (κ2) is 7.19. The van der Waals surface area contributed by atoms with E-state index in [1.54, 1.807) is 0 Å². The van der Waals surface area contributed by atoms with Crippen molar-refractivity contribution in [1.82, 2.24) is 0 Å². The Kier molecular flexibility index (Phi) is 6.43. The molecule has 23 heavy (non-hydrogen) atoms. The molecule has 0 aromatic heterocycles. The van der Waals surface area contributed by atoms with Crippen molar-refractivity contribution >= 4 is 31.2 Å². The summed E-state index contributed by atoms with van der Waals surface area (Å²) in [7, 11) is -15.2. The summed E-state index contributed by atoms with van der Waals surface area (Å²) in [5, 5.41) is 9.55. The highest BCUT2D eigenvalue weighted by molar-refractivity contribution is 7.81. The molecule has 4 N–H and O–H groups in total. The van der Waals surface area contributed by atoms with Gasteiger partial charge in [0.25, 0.3) is 0 Å². The Labute approximate surface area is 130 Å². The van der Waals surface area contributed by atoms with E-state index in [1.165, 1.54) is 0 Å². The van der Waals surface area contributed by atoms with Crippen molar-refractivity contribution in [3.8, 4) is 0 Å². The van der Waals surface area contributed by atoms with Crippen molar-refractivity contribution in [2.24, 2.45) is 0 Å². The third-order valence-corrected chi connectivity index (χ3v) is 3.75. The standard InChI is InChI=1S/C6H12O14S3/c7-6-5(20-23(14,15)16)4(19-22(11,12)13)1-3(18-6)2-17-21(8,9)10/h3-7H,1-2H2,(H,8,9,10)(H,11,12,13)(H,14,15,16). The Morgan fingerprint density at radius 3 is 1.87 bits per heavy atom. The van der Waals surface area contributed by atoms with E-state index in [-0.39, 0.29) is 0 Å². The smallest absolute Gasteiger partial charge is 0.366 e. The van der Waals surface area contributed by atoms with Crippen LogP contribution in [0.1, 0.15) is 6.42 Å². The minimum absolute atomic E-state index is 0.660. The van der Waals surface area contributed by atoms with E-state index in [4.69, 9.17) is 13.7 Å². The van der Waals surface area contributed by atoms with Gasteiger partial charge in [-0.2, -0.15) is 25.3 Å². The zero-order valence-corrected chi connectivity index (χ0v) is 13.3. The minimum Gasteiger partial charge on any atom is -0.366 e. The lowest BCUT2D eigenvalue weighted by Crippen LogP contribution is -2.53. The van der Waals surface area contributed by atoms with Crippen LogP contribution in [0.15, 0.2) is 0 Å². The van der Waals surface area contributed by atoms with Gasteiger partial charge < -0.3 is 9.84 Å². The molecule has 138 valence electrons. The van der Waals surface area contributed by atoms with E-state index in [0.29, 0.717) is 0 Å². The maximum atomic E-state index is 10.7. The Morgan fingerprint density at radius 1 is 0.913 bits per heavy atom. The van der Waals surface area contributed by atoms with E-state index in [1.807, 2.05) is 0 Å². The fourth-order valence-electron chi connectivity index (χ4n) is 1.68. The molecule has 1 aliphatic rings. The van der Waals surface area contributed by atoms with Crippen LogP contribution in [-0.2, 0) is 48.5 Å². The Hall–Kier alpha value is -0.470. The summed E-state index contributed by atoms with van der Waals surface area (Å²) in [6.07, 6.45) is -8.28. The Morgan fingerprint density at radius 2 is 1.43 bits per heavy atom. The summed E-state index contributed by atoms with van der Waals surface area (Å²) >= 11 is 0. The maximum absolute atomic E-state index is 10.7. The summed E-state index contributed by atoms with van der Waals surface area (Å²) in [4.78, 5) is 0. The third-order valence-electron chi connectivity index (χ3n) is 2.36. The van der Waals surface area contributed by atoms with E-state index in [9.17, 15) is 30.4 Å². The highest BCUT2D eigenvalue weighted by atomic mass is 32.3. The first-order valence-corrected chi connectivity index (χ1v) is 9.52. The second-order valence-electron chi connectivity index (χ2n) is 4.15. The number of aliphatic hydroxyl groups is 1. The molecule has 4 unspecified atom stereocenters. The van der Waals surface area contributed by atoms with Crippen LogP contribution < -0.4 is 0 Å². The topological polar surface area (TPSA) is 220 Å². The molecule has 0 saturated carbocycles. The van der Waals surface area contributed by atoms with Gasteiger partial charge in [-0.05, 0) is 0 Å². The van der Waals surface area contributed by atoms with Gasteiger partial charge in [0.1, 0.15) is 6.10 Å². The van der Waals surface area contributed by atoms with E-state index < -0.39 is 68.8 Å². The van der Waals surface area contributed by atoms with Crippen LogP contribution in [-0.4, -0.2) is 75.2 Å². The molecule has 1 saturated heterocycles. The van der Waals surface area contributed by atoms with Crippen molar-refractivity contribution in [1.29, 1.82) is 0 Å². The molecule has 0 spiro atoms. The largest absolute Gasteiger partial charge is 0.397 e. The molecule has 17 heteroatoms. The van der Waals surface area contributed by atoms with Crippen LogP contribution in [0, 0.1) is 0 Å². The molecule has 0 amide bonds. The maximum Gasteiger partial charge on any atom is 0.397 e. The first-order valence-electron chi connectivity index (χ1n) is 5.43. The summed E-state index contributed by atoms with van der Waals surface area (Å²) in [6.45, 7) is -0.903. The highest BCUT2D eigenvalue weighted by Crippen LogP contribution is 2.26. The lowest BCUT2D eigenvalue weighted by atomic mass is 10.0. The lowest BCUT2D eigenvalue weighted by molar-refractivity contribution is -0.240. The molecular formula is C6H12O14S3. The normalized spacial score (nSPS) is 30.3. The Bertz CT molecular complexity index is 706. The fraction of sp³-hybridized carbons (Fsp3) is 1.00. The SMILES string of the molecule is O=S(=O)(O)OCC1CC(OS(=O)(=O)O)C(OS(=O)(=O)O)C(O)O1. The zero-order chi connectivity index (χ0) is 18.1. The quantitative estimate of drug-likeness (QED) is 0.317. The summed E-state index contributed by atoms with van der Waals surface area (Å²) < 4.78 is 106. The molecule has 4 atom stereocenters. The van der Waals surface area contributed by atoms with Gasteiger partial charge in [0, 0.05) is 6.42 Å². The van der Waals surface area contributed by atoms with Crippen LogP contribution in [0.3, 0.4) is 0 Å². The number of hydrogen-bond donors (Lipinski definition) is 4. The molecule has 14 nitrogen and oxygen atoms in total. The predicted octanol–water partition coefficient (Wildman–Crippen LogP) is -2.71. The van der Waals surface area contributed by atoms with Gasteiger partial charge in [0.15, 0.2) is 12.4 Å². The monoisotopic (exact) mass is 404 g/mol. The van der Waals surface area contributed by atoms with E-state index in [2.05, 4.69) is 17.3 Å². The summed E-state index contributed by atoms with van der Waals surface area (Å²) in [5.74, 6) is 0. The van der Waals surface area contributed by atoms with Gasteiger partial charge in [0.2, 0.25) is 0 Å². The van der Waals surface area contributed by atoms with Crippen LogP contribution in [0.5, 0.6) is 0 Å². The second-order valence-corrected chi connectivity index (χ2v) is 7.33. The van der Waals surface area contributed by atoms with Crippen molar-refractivity contribution in [3.63, 3.8) is 0 Å². The Balaban J connectivity index is 2.93. The number of aliphatic hydroxyl groups excluding tert-OH is 1. The molecule has 1 fully saturated rings. The van der Waals surface area contributed by atoms with Crippen LogP contribution in [0.2, 0.25) is 0 Å².